The number of hydrogen-bond donors (Lipinski definition) is 1. The summed E-state index contributed by atoms with van der Waals surface area (Å²) in [5.41, 5.74) is 3.44. The second-order valence-corrected chi connectivity index (χ2v) is 8.53. The van der Waals surface area contributed by atoms with Gasteiger partial charge in [-0.05, 0) is 35.4 Å². The summed E-state index contributed by atoms with van der Waals surface area (Å²) >= 11 is 0. The number of piperazine rings is 1. The highest BCUT2D eigenvalue weighted by Crippen LogP contribution is 2.30. The normalized spacial score (nSPS) is 14.1. The van der Waals surface area contributed by atoms with Crippen molar-refractivity contribution in [3.05, 3.63) is 126 Å². The van der Waals surface area contributed by atoms with Crippen molar-refractivity contribution in [3.8, 4) is 0 Å². The van der Waals surface area contributed by atoms with Crippen molar-refractivity contribution < 1.29 is 14.0 Å². The first-order chi connectivity index (χ1) is 17.2. The maximum absolute atomic E-state index is 13.4. The van der Waals surface area contributed by atoms with Crippen molar-refractivity contribution >= 4 is 17.5 Å². The molecule has 1 fully saturated rings. The van der Waals surface area contributed by atoms with Crippen LogP contribution in [0.5, 0.6) is 0 Å². The summed E-state index contributed by atoms with van der Waals surface area (Å²) < 4.78 is 5.18. The third kappa shape index (κ3) is 5.03. The summed E-state index contributed by atoms with van der Waals surface area (Å²) in [4.78, 5) is 30.2. The SMILES string of the molecule is O=C(Nc1ccccc1C(=O)N1CCN(C(c2ccccc2)c2ccccc2)CC1)c1ccco1. The lowest BCUT2D eigenvalue weighted by Crippen LogP contribution is -2.50. The molecule has 35 heavy (non-hydrogen) atoms. The van der Waals surface area contributed by atoms with Crippen LogP contribution in [0.2, 0.25) is 0 Å². The van der Waals surface area contributed by atoms with E-state index in [0.717, 1.165) is 13.1 Å². The van der Waals surface area contributed by atoms with Crippen LogP contribution >= 0.6 is 0 Å². The van der Waals surface area contributed by atoms with E-state index in [1.165, 1.54) is 17.4 Å². The Bertz CT molecular complexity index is 1230. The lowest BCUT2D eigenvalue weighted by molar-refractivity contribution is 0.0598. The molecule has 1 saturated heterocycles. The Morgan fingerprint density at radius 1 is 0.714 bits per heavy atom. The van der Waals surface area contributed by atoms with Crippen LogP contribution in [0.15, 0.2) is 108 Å². The van der Waals surface area contributed by atoms with Crippen LogP contribution in [0.25, 0.3) is 0 Å². The van der Waals surface area contributed by atoms with Gasteiger partial charge in [-0.2, -0.15) is 0 Å². The Hall–Kier alpha value is -4.16. The van der Waals surface area contributed by atoms with E-state index in [1.807, 2.05) is 23.1 Å². The van der Waals surface area contributed by atoms with Gasteiger partial charge in [0.15, 0.2) is 5.76 Å². The van der Waals surface area contributed by atoms with Gasteiger partial charge in [-0.25, -0.2) is 0 Å². The first kappa shape index (κ1) is 22.6. The van der Waals surface area contributed by atoms with Crippen molar-refractivity contribution in [2.24, 2.45) is 0 Å². The number of benzene rings is 3. The van der Waals surface area contributed by atoms with Gasteiger partial charge in [-0.15, -0.1) is 0 Å². The maximum atomic E-state index is 13.4. The minimum absolute atomic E-state index is 0.0871. The van der Waals surface area contributed by atoms with Crippen molar-refractivity contribution in [3.63, 3.8) is 0 Å². The molecule has 2 heterocycles. The number of carbonyl (C=O) groups is 2. The standard InChI is InChI=1S/C29H27N3O3/c33-28(26-16-9-21-35-26)30-25-15-8-7-14-24(25)29(34)32-19-17-31(18-20-32)27(22-10-3-1-4-11-22)23-12-5-2-6-13-23/h1-16,21,27H,17-20H2,(H,30,33). The fraction of sp³-hybridized carbons (Fsp3) is 0.172. The lowest BCUT2D eigenvalue weighted by atomic mass is 9.96. The highest BCUT2D eigenvalue weighted by Gasteiger charge is 2.29. The number of nitrogens with one attached hydrogen (secondary N) is 1. The van der Waals surface area contributed by atoms with E-state index in [0.29, 0.717) is 24.3 Å². The highest BCUT2D eigenvalue weighted by atomic mass is 16.3. The molecule has 1 N–H and O–H groups in total. The summed E-state index contributed by atoms with van der Waals surface area (Å²) in [7, 11) is 0. The van der Waals surface area contributed by atoms with Crippen LogP contribution in [0, 0.1) is 0 Å². The predicted octanol–water partition coefficient (Wildman–Crippen LogP) is 5.08. The Morgan fingerprint density at radius 3 is 1.91 bits per heavy atom. The minimum atomic E-state index is -0.381. The molecule has 0 bridgehead atoms. The topological polar surface area (TPSA) is 65.8 Å². The van der Waals surface area contributed by atoms with Crippen molar-refractivity contribution in [1.82, 2.24) is 9.80 Å². The van der Waals surface area contributed by atoms with Crippen LogP contribution in [0.3, 0.4) is 0 Å². The molecular formula is C29H27N3O3. The molecule has 6 heteroatoms. The van der Waals surface area contributed by atoms with Gasteiger partial charge < -0.3 is 14.6 Å². The number of furan rings is 1. The number of anilines is 1. The Labute approximate surface area is 204 Å². The molecule has 0 saturated carbocycles. The van der Waals surface area contributed by atoms with E-state index >= 15 is 0 Å². The molecule has 2 amide bonds. The Balaban J connectivity index is 1.31. The van der Waals surface area contributed by atoms with Crippen LogP contribution in [-0.4, -0.2) is 47.8 Å². The molecule has 1 aromatic heterocycles. The second-order valence-electron chi connectivity index (χ2n) is 8.53. The molecular weight excluding hydrogens is 438 g/mol. The fourth-order valence-electron chi connectivity index (χ4n) is 4.61. The van der Waals surface area contributed by atoms with Gasteiger partial charge in [0, 0.05) is 26.2 Å². The fourth-order valence-corrected chi connectivity index (χ4v) is 4.61. The average molecular weight is 466 g/mol. The number of nitrogens with zero attached hydrogens (tertiary/aromatic N) is 2. The van der Waals surface area contributed by atoms with Crippen molar-refractivity contribution in [2.45, 2.75) is 6.04 Å². The van der Waals surface area contributed by atoms with Gasteiger partial charge in [0.25, 0.3) is 11.8 Å². The number of para-hydroxylation sites is 1. The number of carbonyl (C=O) groups excluding carboxylic acids is 2. The van der Waals surface area contributed by atoms with E-state index < -0.39 is 0 Å². The minimum Gasteiger partial charge on any atom is -0.459 e. The van der Waals surface area contributed by atoms with Crippen LogP contribution in [0.1, 0.15) is 38.1 Å². The number of amides is 2. The molecule has 0 radical (unpaired) electrons. The summed E-state index contributed by atoms with van der Waals surface area (Å²) in [6, 6.07) is 31.5. The van der Waals surface area contributed by atoms with Gasteiger partial charge in [0.1, 0.15) is 0 Å². The molecule has 176 valence electrons. The molecule has 0 unspecified atom stereocenters. The van der Waals surface area contributed by atoms with Gasteiger partial charge in [0.2, 0.25) is 0 Å². The molecule has 5 rings (SSSR count). The van der Waals surface area contributed by atoms with Gasteiger partial charge in [-0.3, -0.25) is 14.5 Å². The molecule has 1 aliphatic heterocycles. The molecule has 1 aliphatic rings. The summed E-state index contributed by atoms with van der Waals surface area (Å²) in [5, 5.41) is 2.81. The van der Waals surface area contributed by atoms with Crippen LogP contribution < -0.4 is 5.32 Å². The molecule has 0 spiro atoms. The summed E-state index contributed by atoms with van der Waals surface area (Å²) in [5.74, 6) is -0.265. The zero-order chi connectivity index (χ0) is 24.0. The van der Waals surface area contributed by atoms with Crippen molar-refractivity contribution in [1.29, 1.82) is 0 Å². The van der Waals surface area contributed by atoms with E-state index in [2.05, 4.69) is 58.7 Å². The van der Waals surface area contributed by atoms with E-state index in [4.69, 9.17) is 4.42 Å². The van der Waals surface area contributed by atoms with Gasteiger partial charge in [0.05, 0.1) is 23.6 Å². The van der Waals surface area contributed by atoms with Gasteiger partial charge >= 0.3 is 0 Å². The van der Waals surface area contributed by atoms with Crippen LogP contribution in [0.4, 0.5) is 5.69 Å². The Kier molecular flexibility index (Phi) is 6.73. The van der Waals surface area contributed by atoms with E-state index in [-0.39, 0.29) is 23.6 Å². The lowest BCUT2D eigenvalue weighted by Gasteiger charge is -2.40. The monoisotopic (exact) mass is 465 g/mol. The third-order valence-corrected chi connectivity index (χ3v) is 6.35. The average Bonchev–Trinajstić information content (AvgIpc) is 3.46. The molecule has 6 nitrogen and oxygen atoms in total. The summed E-state index contributed by atoms with van der Waals surface area (Å²) in [6.45, 7) is 2.72. The number of hydrogen-bond acceptors (Lipinski definition) is 4. The maximum Gasteiger partial charge on any atom is 0.291 e. The zero-order valence-electron chi connectivity index (χ0n) is 19.3. The van der Waals surface area contributed by atoms with Crippen LogP contribution in [-0.2, 0) is 0 Å². The van der Waals surface area contributed by atoms with E-state index in [1.54, 1.807) is 30.3 Å². The largest absolute Gasteiger partial charge is 0.459 e. The quantitative estimate of drug-likeness (QED) is 0.431. The van der Waals surface area contributed by atoms with E-state index in [9.17, 15) is 9.59 Å². The van der Waals surface area contributed by atoms with Crippen molar-refractivity contribution in [2.75, 3.05) is 31.5 Å². The predicted molar refractivity (Wildman–Crippen MR) is 135 cm³/mol. The molecule has 0 aliphatic carbocycles. The first-order valence-electron chi connectivity index (χ1n) is 11.8. The van der Waals surface area contributed by atoms with Gasteiger partial charge in [-0.1, -0.05) is 72.8 Å². The first-order valence-corrected chi connectivity index (χ1v) is 11.8. The molecule has 0 atom stereocenters. The zero-order valence-corrected chi connectivity index (χ0v) is 19.3. The highest BCUT2D eigenvalue weighted by molar-refractivity contribution is 6.07. The molecule has 4 aromatic rings. The number of rotatable bonds is 6. The third-order valence-electron chi connectivity index (χ3n) is 6.35. The molecule has 3 aromatic carbocycles. The smallest absolute Gasteiger partial charge is 0.291 e. The summed E-state index contributed by atoms with van der Waals surface area (Å²) in [6.07, 6.45) is 1.45. The Morgan fingerprint density at radius 2 is 1.31 bits per heavy atom. The second kappa shape index (κ2) is 10.4.